The Balaban J connectivity index is 2.93. The highest BCUT2D eigenvalue weighted by Gasteiger charge is 2.09. The maximum Gasteiger partial charge on any atom is 0.122 e. The predicted octanol–water partition coefficient (Wildman–Crippen LogP) is 3.45. The van der Waals surface area contributed by atoms with E-state index in [2.05, 4.69) is 30.9 Å². The van der Waals surface area contributed by atoms with Crippen LogP contribution in [0.15, 0.2) is 18.2 Å². The topological polar surface area (TPSA) is 12.5 Å². The molecule has 2 nitrogen and oxygen atoms in total. The first kappa shape index (κ1) is 13.3. The Morgan fingerprint density at radius 3 is 2.56 bits per heavy atom. The van der Waals surface area contributed by atoms with Gasteiger partial charge in [0.15, 0.2) is 0 Å². The van der Waals surface area contributed by atoms with Crippen molar-refractivity contribution in [1.29, 1.82) is 0 Å². The zero-order valence-corrected chi connectivity index (χ0v) is 11.2. The van der Waals surface area contributed by atoms with Crippen LogP contribution in [0.2, 0.25) is 0 Å². The summed E-state index contributed by atoms with van der Waals surface area (Å²) in [5, 5.41) is 0. The van der Waals surface area contributed by atoms with Crippen molar-refractivity contribution in [3.8, 4) is 5.75 Å². The lowest BCUT2D eigenvalue weighted by molar-refractivity contribution is 0.380. The van der Waals surface area contributed by atoms with Crippen LogP contribution in [0.1, 0.15) is 30.9 Å². The first-order valence-electron chi connectivity index (χ1n) is 5.49. The van der Waals surface area contributed by atoms with E-state index in [0.29, 0.717) is 11.9 Å². The van der Waals surface area contributed by atoms with Crippen LogP contribution in [0.4, 0.5) is 0 Å². The van der Waals surface area contributed by atoms with Crippen LogP contribution in [-0.4, -0.2) is 25.1 Å². The fourth-order valence-electron chi connectivity index (χ4n) is 1.69. The molecule has 0 saturated carbocycles. The van der Waals surface area contributed by atoms with Crippen molar-refractivity contribution >= 4 is 11.6 Å². The maximum atomic E-state index is 5.76. The molecule has 0 fully saturated rings. The summed E-state index contributed by atoms with van der Waals surface area (Å²) < 4.78 is 5.35. The molecular formula is C13H20ClNO. The lowest BCUT2D eigenvalue weighted by Crippen LogP contribution is -2.15. The summed E-state index contributed by atoms with van der Waals surface area (Å²) >= 11 is 5.76. The molecule has 0 amide bonds. The molecule has 16 heavy (non-hydrogen) atoms. The molecule has 0 saturated heterocycles. The second-order valence-corrected chi connectivity index (χ2v) is 4.60. The summed E-state index contributed by atoms with van der Waals surface area (Å²) in [6.07, 6.45) is 0. The molecule has 0 heterocycles. The van der Waals surface area contributed by atoms with Crippen molar-refractivity contribution in [2.45, 2.75) is 26.3 Å². The molecule has 1 aromatic rings. The van der Waals surface area contributed by atoms with Gasteiger partial charge in [-0.25, -0.2) is 0 Å². The first-order chi connectivity index (χ1) is 7.58. The predicted molar refractivity (Wildman–Crippen MR) is 69.3 cm³/mol. The number of nitrogens with zero attached hydrogens (tertiary/aromatic N) is 1. The minimum atomic E-state index is 0.469. The Morgan fingerprint density at radius 1 is 1.38 bits per heavy atom. The van der Waals surface area contributed by atoms with Crippen molar-refractivity contribution in [3.63, 3.8) is 0 Å². The minimum Gasteiger partial charge on any atom is -0.496 e. The van der Waals surface area contributed by atoms with Gasteiger partial charge in [-0.05, 0) is 30.2 Å². The van der Waals surface area contributed by atoms with Crippen molar-refractivity contribution in [1.82, 2.24) is 4.90 Å². The van der Waals surface area contributed by atoms with Crippen molar-refractivity contribution < 1.29 is 4.74 Å². The number of hydrogen-bond acceptors (Lipinski definition) is 2. The molecule has 0 aromatic heterocycles. The highest BCUT2D eigenvalue weighted by atomic mass is 35.5. The summed E-state index contributed by atoms with van der Waals surface area (Å²) in [5.41, 5.74) is 2.52. The quantitative estimate of drug-likeness (QED) is 0.578. The number of hydrogen-bond donors (Lipinski definition) is 0. The minimum absolute atomic E-state index is 0.469. The number of halogens is 1. The van der Waals surface area contributed by atoms with Crippen LogP contribution in [0.3, 0.4) is 0 Å². The molecule has 0 aliphatic heterocycles. The number of ether oxygens (including phenoxy) is 1. The summed E-state index contributed by atoms with van der Waals surface area (Å²) in [6.45, 7) is 5.22. The molecular weight excluding hydrogens is 222 g/mol. The normalized spacial score (nSPS) is 11.2. The van der Waals surface area contributed by atoms with Crippen molar-refractivity contribution in [2.75, 3.05) is 20.2 Å². The van der Waals surface area contributed by atoms with Gasteiger partial charge in [0, 0.05) is 6.54 Å². The van der Waals surface area contributed by atoms with Gasteiger partial charge in [0.2, 0.25) is 0 Å². The smallest absolute Gasteiger partial charge is 0.122 e. The van der Waals surface area contributed by atoms with Gasteiger partial charge >= 0.3 is 0 Å². The van der Waals surface area contributed by atoms with E-state index in [-0.39, 0.29) is 0 Å². The van der Waals surface area contributed by atoms with Crippen LogP contribution in [0.25, 0.3) is 0 Å². The highest BCUT2D eigenvalue weighted by Crippen LogP contribution is 2.27. The molecule has 0 bridgehead atoms. The summed E-state index contributed by atoms with van der Waals surface area (Å²) in [6, 6.07) is 6.87. The van der Waals surface area contributed by atoms with Crippen molar-refractivity contribution in [2.24, 2.45) is 0 Å². The lowest BCUT2D eigenvalue weighted by Gasteiger charge is -2.16. The number of alkyl halides is 1. The largest absolute Gasteiger partial charge is 0.496 e. The molecule has 0 unspecified atom stereocenters. The van der Waals surface area contributed by atoms with Gasteiger partial charge in [0.05, 0.1) is 13.1 Å². The van der Waals surface area contributed by atoms with Gasteiger partial charge in [0.1, 0.15) is 5.75 Å². The SMILES string of the molecule is COc1ccc(CN(C)CCl)cc1C(C)C. The summed E-state index contributed by atoms with van der Waals surface area (Å²) in [7, 11) is 3.72. The number of methoxy groups -OCH3 is 1. The first-order valence-corrected chi connectivity index (χ1v) is 6.03. The van der Waals surface area contributed by atoms with Gasteiger partial charge in [-0.2, -0.15) is 0 Å². The molecule has 1 aromatic carbocycles. The van der Waals surface area contributed by atoms with Gasteiger partial charge in [-0.15, -0.1) is 11.6 Å². The third-order valence-corrected chi connectivity index (χ3v) is 2.98. The van der Waals surface area contributed by atoms with E-state index in [1.54, 1.807) is 7.11 Å². The van der Waals surface area contributed by atoms with Gasteiger partial charge in [-0.1, -0.05) is 26.0 Å². The number of benzene rings is 1. The van der Waals surface area contributed by atoms with Crippen LogP contribution in [0.5, 0.6) is 5.75 Å². The molecule has 0 aliphatic rings. The van der Waals surface area contributed by atoms with Gasteiger partial charge in [0.25, 0.3) is 0 Å². The Kier molecular flexibility index (Phi) is 5.10. The average molecular weight is 242 g/mol. The molecule has 1 rings (SSSR count). The van der Waals surface area contributed by atoms with E-state index in [4.69, 9.17) is 16.3 Å². The monoisotopic (exact) mass is 241 g/mol. The van der Waals surface area contributed by atoms with Crippen LogP contribution >= 0.6 is 11.6 Å². The fraction of sp³-hybridized carbons (Fsp3) is 0.538. The van der Waals surface area contributed by atoms with E-state index in [9.17, 15) is 0 Å². The van der Waals surface area contributed by atoms with Crippen LogP contribution in [-0.2, 0) is 6.54 Å². The van der Waals surface area contributed by atoms with E-state index in [0.717, 1.165) is 12.3 Å². The van der Waals surface area contributed by atoms with Gasteiger partial charge < -0.3 is 4.74 Å². The van der Waals surface area contributed by atoms with Crippen LogP contribution < -0.4 is 4.74 Å². The molecule has 0 N–H and O–H groups in total. The molecule has 0 aliphatic carbocycles. The van der Waals surface area contributed by atoms with Crippen molar-refractivity contribution in [3.05, 3.63) is 29.3 Å². The lowest BCUT2D eigenvalue weighted by atomic mass is 9.99. The Bertz CT molecular complexity index is 339. The molecule has 0 spiro atoms. The van der Waals surface area contributed by atoms with Crippen LogP contribution in [0, 0.1) is 0 Å². The van der Waals surface area contributed by atoms with E-state index in [1.165, 1.54) is 11.1 Å². The zero-order valence-electron chi connectivity index (χ0n) is 10.5. The zero-order chi connectivity index (χ0) is 12.1. The highest BCUT2D eigenvalue weighted by molar-refractivity contribution is 6.17. The average Bonchev–Trinajstić information content (AvgIpc) is 2.28. The Labute approximate surface area is 103 Å². The summed E-state index contributed by atoms with van der Waals surface area (Å²) in [5.74, 6) is 1.43. The fourth-order valence-corrected chi connectivity index (χ4v) is 1.77. The second-order valence-electron chi connectivity index (χ2n) is 4.36. The molecule has 90 valence electrons. The Morgan fingerprint density at radius 2 is 2.06 bits per heavy atom. The number of rotatable bonds is 5. The molecule has 0 radical (unpaired) electrons. The Hall–Kier alpha value is -0.730. The maximum absolute atomic E-state index is 5.76. The standard InChI is InChI=1S/C13H20ClNO/c1-10(2)12-7-11(8-15(3)9-14)5-6-13(12)16-4/h5-7,10H,8-9H2,1-4H3. The van der Waals surface area contributed by atoms with E-state index in [1.807, 2.05) is 13.1 Å². The second kappa shape index (κ2) is 6.12. The molecule has 3 heteroatoms. The third-order valence-electron chi connectivity index (χ3n) is 2.57. The third kappa shape index (κ3) is 3.39. The van der Waals surface area contributed by atoms with Gasteiger partial charge in [-0.3, -0.25) is 4.90 Å². The summed E-state index contributed by atoms with van der Waals surface area (Å²) in [4.78, 5) is 2.06. The molecule has 0 atom stereocenters. The van der Waals surface area contributed by atoms with E-state index < -0.39 is 0 Å². The van der Waals surface area contributed by atoms with E-state index >= 15 is 0 Å².